The summed E-state index contributed by atoms with van der Waals surface area (Å²) in [6.45, 7) is 1.82. The van der Waals surface area contributed by atoms with E-state index in [-0.39, 0.29) is 41.5 Å². The lowest BCUT2D eigenvalue weighted by Gasteiger charge is -2.37. The average molecular weight is 362 g/mol. The molecule has 26 heavy (non-hydrogen) atoms. The highest BCUT2D eigenvalue weighted by atomic mass is 16.5. The monoisotopic (exact) mass is 362 g/mol. The van der Waals surface area contributed by atoms with Crippen molar-refractivity contribution in [3.8, 4) is 0 Å². The van der Waals surface area contributed by atoms with Gasteiger partial charge in [0.1, 0.15) is 6.61 Å². The Morgan fingerprint density at radius 3 is 2.62 bits per heavy atom. The minimum Gasteiger partial charge on any atom is -0.449 e. The minimum absolute atomic E-state index is 0.104. The quantitative estimate of drug-likeness (QED) is 0.467. The lowest BCUT2D eigenvalue weighted by molar-refractivity contribution is -0.126. The van der Waals surface area contributed by atoms with Gasteiger partial charge in [0.2, 0.25) is 11.6 Å². The molecule has 4 aliphatic rings. The first-order valence-electron chi connectivity index (χ1n) is 8.48. The Bertz CT molecular complexity index is 816. The number of nitrogens with zero attached hydrogens (tertiary/aromatic N) is 3. The topological polar surface area (TPSA) is 116 Å². The Balaban J connectivity index is 1.83. The first-order chi connectivity index (χ1) is 12.1. The van der Waals surface area contributed by atoms with Gasteiger partial charge in [0, 0.05) is 37.8 Å². The number of fused-ring (bicyclic) bond motifs is 4. The number of ketones is 2. The second-order valence-electron chi connectivity index (χ2n) is 7.54. The molecular weight excluding hydrogens is 340 g/mol. The van der Waals surface area contributed by atoms with Crippen LogP contribution in [0.4, 0.5) is 4.79 Å². The number of nitrogens with two attached hydrogens (primary N) is 1. The molecule has 2 saturated heterocycles. The molecule has 140 valence electrons. The SMILES string of the molecule is CC1=C(N(C)C)C(=O)C2=C(C1=O)N1CC3C(N3C)C1(O)C2COC(N)=O. The van der Waals surface area contributed by atoms with Crippen molar-refractivity contribution in [3.63, 3.8) is 0 Å². The van der Waals surface area contributed by atoms with Crippen molar-refractivity contribution in [1.29, 1.82) is 0 Å². The highest BCUT2D eigenvalue weighted by Crippen LogP contribution is 2.57. The Kier molecular flexibility index (Phi) is 3.33. The van der Waals surface area contributed by atoms with E-state index < -0.39 is 17.7 Å². The molecule has 0 saturated carbocycles. The fourth-order valence-corrected chi connectivity index (χ4v) is 4.90. The van der Waals surface area contributed by atoms with E-state index in [0.29, 0.717) is 17.8 Å². The summed E-state index contributed by atoms with van der Waals surface area (Å²) >= 11 is 0. The van der Waals surface area contributed by atoms with Crippen molar-refractivity contribution in [2.45, 2.75) is 24.7 Å². The van der Waals surface area contributed by atoms with Crippen LogP contribution in [0.3, 0.4) is 0 Å². The third kappa shape index (κ3) is 1.84. The van der Waals surface area contributed by atoms with E-state index in [1.807, 2.05) is 11.9 Å². The molecule has 0 spiro atoms. The summed E-state index contributed by atoms with van der Waals surface area (Å²) in [5, 5.41) is 11.5. The molecule has 5 unspecified atom stereocenters. The number of Topliss-reactive ketones (excluding diaryl/α,β-unsaturated/α-hetero) is 2. The van der Waals surface area contributed by atoms with Gasteiger partial charge in [0.15, 0.2) is 5.72 Å². The Morgan fingerprint density at radius 2 is 2.04 bits per heavy atom. The van der Waals surface area contributed by atoms with Gasteiger partial charge in [-0.15, -0.1) is 0 Å². The molecule has 9 heteroatoms. The minimum atomic E-state index is -1.47. The summed E-state index contributed by atoms with van der Waals surface area (Å²) in [4.78, 5) is 42.6. The van der Waals surface area contributed by atoms with Gasteiger partial charge in [0.25, 0.3) is 0 Å². The standard InChI is InChI=1S/C17H22N4O5/c1-7-11(19(2)3)14(23)10-8(6-26-16(18)24)17(25)15-9(20(15)4)5-21(17)12(10)13(7)22/h8-9,15,25H,5-6H2,1-4H3,(H2,18,24). The second kappa shape index (κ2) is 5.08. The van der Waals surface area contributed by atoms with Crippen molar-refractivity contribution in [1.82, 2.24) is 14.7 Å². The number of primary amides is 1. The molecule has 5 atom stereocenters. The van der Waals surface area contributed by atoms with Crippen molar-refractivity contribution in [2.24, 2.45) is 11.7 Å². The van der Waals surface area contributed by atoms with E-state index >= 15 is 0 Å². The highest BCUT2D eigenvalue weighted by molar-refractivity contribution is 6.25. The summed E-state index contributed by atoms with van der Waals surface area (Å²) < 4.78 is 4.96. The van der Waals surface area contributed by atoms with Gasteiger partial charge in [-0.25, -0.2) is 4.79 Å². The zero-order valence-corrected chi connectivity index (χ0v) is 15.1. The van der Waals surface area contributed by atoms with Crippen LogP contribution in [0.5, 0.6) is 0 Å². The predicted octanol–water partition coefficient (Wildman–Crippen LogP) is -1.36. The van der Waals surface area contributed by atoms with Gasteiger partial charge in [-0.2, -0.15) is 0 Å². The van der Waals surface area contributed by atoms with Gasteiger partial charge in [-0.05, 0) is 14.0 Å². The first kappa shape index (κ1) is 17.0. The Morgan fingerprint density at radius 1 is 1.38 bits per heavy atom. The number of likely N-dealkylation sites (N-methyl/N-ethyl adjacent to an activating group) is 2. The number of carbonyl (C=O) groups excluding carboxylic acids is 3. The molecule has 2 fully saturated rings. The number of aliphatic hydroxyl groups is 1. The van der Waals surface area contributed by atoms with Gasteiger partial charge >= 0.3 is 6.09 Å². The van der Waals surface area contributed by atoms with Crippen molar-refractivity contribution < 1.29 is 24.2 Å². The summed E-state index contributed by atoms with van der Waals surface area (Å²) in [6, 6.07) is -0.120. The maximum absolute atomic E-state index is 13.2. The molecule has 0 bridgehead atoms. The molecule has 0 aromatic carbocycles. The van der Waals surface area contributed by atoms with Crippen LogP contribution in [0.15, 0.2) is 22.5 Å². The van der Waals surface area contributed by atoms with Crippen LogP contribution < -0.4 is 5.73 Å². The molecule has 1 aliphatic carbocycles. The van der Waals surface area contributed by atoms with Crippen LogP contribution in [0.25, 0.3) is 0 Å². The van der Waals surface area contributed by atoms with E-state index in [1.165, 1.54) is 0 Å². The molecule has 0 aromatic rings. The number of carbonyl (C=O) groups is 3. The second-order valence-corrected chi connectivity index (χ2v) is 7.54. The average Bonchev–Trinajstić information content (AvgIpc) is 2.95. The largest absolute Gasteiger partial charge is 0.449 e. The Hall–Kier alpha value is -2.39. The molecule has 3 aliphatic heterocycles. The molecule has 3 heterocycles. The van der Waals surface area contributed by atoms with Crippen LogP contribution in [0.2, 0.25) is 0 Å². The maximum Gasteiger partial charge on any atom is 0.404 e. The van der Waals surface area contributed by atoms with E-state index in [2.05, 4.69) is 0 Å². The Labute approximate surface area is 150 Å². The number of hydrogen-bond acceptors (Lipinski definition) is 8. The number of piperazine rings is 1. The van der Waals surface area contributed by atoms with Crippen LogP contribution in [0, 0.1) is 5.92 Å². The van der Waals surface area contributed by atoms with Crippen LogP contribution in [-0.2, 0) is 14.3 Å². The third-order valence-corrected chi connectivity index (χ3v) is 6.07. The molecule has 1 amide bonds. The summed E-state index contributed by atoms with van der Waals surface area (Å²) in [5.74, 6) is -1.42. The van der Waals surface area contributed by atoms with Crippen molar-refractivity contribution in [2.75, 3.05) is 34.3 Å². The van der Waals surface area contributed by atoms with E-state index in [4.69, 9.17) is 10.5 Å². The van der Waals surface area contributed by atoms with Crippen molar-refractivity contribution >= 4 is 17.7 Å². The van der Waals surface area contributed by atoms with Gasteiger partial charge in [-0.3, -0.25) is 14.5 Å². The van der Waals surface area contributed by atoms with Crippen LogP contribution in [-0.4, -0.2) is 89.6 Å². The zero-order chi connectivity index (χ0) is 19.1. The number of rotatable bonds is 3. The van der Waals surface area contributed by atoms with Crippen molar-refractivity contribution in [3.05, 3.63) is 22.5 Å². The molecule has 3 N–H and O–H groups in total. The number of ether oxygens (including phenoxy) is 1. The third-order valence-electron chi connectivity index (χ3n) is 6.07. The maximum atomic E-state index is 13.2. The van der Waals surface area contributed by atoms with Crippen LogP contribution >= 0.6 is 0 Å². The number of allylic oxidation sites excluding steroid dienone is 2. The fraction of sp³-hybridized carbons (Fsp3) is 0.588. The molecule has 0 radical (unpaired) electrons. The number of amides is 1. The molecule has 4 rings (SSSR count). The molecule has 9 nitrogen and oxygen atoms in total. The highest BCUT2D eigenvalue weighted by Gasteiger charge is 2.74. The first-order valence-corrected chi connectivity index (χ1v) is 8.48. The lowest BCUT2D eigenvalue weighted by Crippen LogP contribution is -2.53. The van der Waals surface area contributed by atoms with Gasteiger partial charge in [-0.1, -0.05) is 0 Å². The van der Waals surface area contributed by atoms with E-state index in [1.54, 1.807) is 30.8 Å². The molecular formula is C17H22N4O5. The van der Waals surface area contributed by atoms with E-state index in [0.717, 1.165) is 0 Å². The zero-order valence-electron chi connectivity index (χ0n) is 15.1. The smallest absolute Gasteiger partial charge is 0.404 e. The summed E-state index contributed by atoms with van der Waals surface area (Å²) in [5.41, 5.74) is 4.73. The van der Waals surface area contributed by atoms with Gasteiger partial charge in [0.05, 0.1) is 23.4 Å². The normalized spacial score (nSPS) is 37.7. The van der Waals surface area contributed by atoms with Gasteiger partial charge < -0.3 is 25.4 Å². The van der Waals surface area contributed by atoms with Crippen LogP contribution in [0.1, 0.15) is 6.92 Å². The lowest BCUT2D eigenvalue weighted by atomic mass is 9.82. The summed E-state index contributed by atoms with van der Waals surface area (Å²) in [7, 11) is 5.27. The fourth-order valence-electron chi connectivity index (χ4n) is 4.90. The summed E-state index contributed by atoms with van der Waals surface area (Å²) in [6.07, 6.45) is -0.984. The number of hydrogen-bond donors (Lipinski definition) is 2. The predicted molar refractivity (Wildman–Crippen MR) is 89.4 cm³/mol. The molecule has 0 aromatic heterocycles. The van der Waals surface area contributed by atoms with E-state index in [9.17, 15) is 19.5 Å².